The highest BCUT2D eigenvalue weighted by Crippen LogP contribution is 2.26. The third kappa shape index (κ3) is 3.35. The minimum Gasteiger partial charge on any atom is -0.378 e. The van der Waals surface area contributed by atoms with Crippen LogP contribution in [0.2, 0.25) is 5.02 Å². The number of aromatic nitrogens is 3. The van der Waals surface area contributed by atoms with E-state index in [1.54, 1.807) is 6.20 Å². The number of nitrogens with zero attached hydrogens (tertiary/aromatic N) is 4. The van der Waals surface area contributed by atoms with Crippen molar-refractivity contribution in [1.82, 2.24) is 15.0 Å². The number of hydrogen-bond donors (Lipinski definition) is 1. The van der Waals surface area contributed by atoms with Gasteiger partial charge in [-0.05, 0) is 24.6 Å². The maximum absolute atomic E-state index is 6.24. The first-order valence-electron chi connectivity index (χ1n) is 7.28. The van der Waals surface area contributed by atoms with E-state index in [0.717, 1.165) is 30.8 Å². The zero-order valence-corrected chi connectivity index (χ0v) is 13.0. The second-order valence-electron chi connectivity index (χ2n) is 5.06. The number of morpholine rings is 1. The fraction of sp³-hybridized carbons (Fsp3) is 0.400. The van der Waals surface area contributed by atoms with Gasteiger partial charge in [-0.15, -0.1) is 0 Å². The van der Waals surface area contributed by atoms with Gasteiger partial charge in [-0.2, -0.15) is 0 Å². The molecule has 0 aromatic carbocycles. The van der Waals surface area contributed by atoms with Crippen molar-refractivity contribution in [1.29, 1.82) is 0 Å². The number of halogens is 1. The molecule has 0 amide bonds. The zero-order chi connectivity index (χ0) is 15.4. The second-order valence-corrected chi connectivity index (χ2v) is 5.46. The molecule has 2 aromatic heterocycles. The van der Waals surface area contributed by atoms with Crippen molar-refractivity contribution in [3.05, 3.63) is 35.1 Å². The molecule has 0 aliphatic carbocycles. The molecule has 3 heterocycles. The van der Waals surface area contributed by atoms with Gasteiger partial charge in [0, 0.05) is 19.3 Å². The molecule has 1 saturated heterocycles. The van der Waals surface area contributed by atoms with E-state index >= 15 is 0 Å². The van der Waals surface area contributed by atoms with E-state index < -0.39 is 0 Å². The van der Waals surface area contributed by atoms with Crippen LogP contribution in [-0.2, 0) is 11.2 Å². The van der Waals surface area contributed by atoms with Gasteiger partial charge in [-0.25, -0.2) is 9.97 Å². The maximum Gasteiger partial charge on any atom is 0.226 e. The van der Waals surface area contributed by atoms with Crippen molar-refractivity contribution in [2.75, 3.05) is 37.7 Å². The van der Waals surface area contributed by atoms with E-state index in [0.29, 0.717) is 36.4 Å². The third-order valence-electron chi connectivity index (χ3n) is 3.53. The van der Waals surface area contributed by atoms with Crippen molar-refractivity contribution in [3.8, 4) is 11.4 Å². The Labute approximate surface area is 134 Å². The van der Waals surface area contributed by atoms with E-state index in [1.165, 1.54) is 0 Å². The van der Waals surface area contributed by atoms with Gasteiger partial charge in [0.15, 0.2) is 0 Å². The van der Waals surface area contributed by atoms with Crippen LogP contribution in [0.1, 0.15) is 5.56 Å². The van der Waals surface area contributed by atoms with Gasteiger partial charge in [0.2, 0.25) is 5.95 Å². The molecule has 2 N–H and O–H groups in total. The number of pyridine rings is 1. The zero-order valence-electron chi connectivity index (χ0n) is 12.2. The largest absolute Gasteiger partial charge is 0.378 e. The molecular formula is C15H18ClN5O. The van der Waals surface area contributed by atoms with Crippen LogP contribution >= 0.6 is 11.6 Å². The van der Waals surface area contributed by atoms with Crippen LogP contribution in [0.5, 0.6) is 0 Å². The highest BCUT2D eigenvalue weighted by molar-refractivity contribution is 6.32. The van der Waals surface area contributed by atoms with Crippen LogP contribution in [0, 0.1) is 0 Å². The first-order valence-corrected chi connectivity index (χ1v) is 7.66. The fourth-order valence-electron chi connectivity index (χ4n) is 2.33. The number of anilines is 1. The van der Waals surface area contributed by atoms with Crippen LogP contribution in [0.4, 0.5) is 5.95 Å². The Morgan fingerprint density at radius 3 is 2.68 bits per heavy atom. The minimum atomic E-state index is 0.496. The average Bonchev–Trinajstić information content (AvgIpc) is 2.57. The number of nitrogens with two attached hydrogens (primary N) is 1. The first-order chi connectivity index (χ1) is 10.8. The highest BCUT2D eigenvalue weighted by Gasteiger charge is 2.16. The fourth-order valence-corrected chi connectivity index (χ4v) is 2.52. The molecule has 1 aliphatic rings. The minimum absolute atomic E-state index is 0.496. The molecule has 0 saturated carbocycles. The van der Waals surface area contributed by atoms with Crippen LogP contribution in [0.15, 0.2) is 24.5 Å². The lowest BCUT2D eigenvalue weighted by molar-refractivity contribution is 0.122. The molecule has 22 heavy (non-hydrogen) atoms. The van der Waals surface area contributed by atoms with Crippen LogP contribution in [0.25, 0.3) is 11.4 Å². The summed E-state index contributed by atoms with van der Waals surface area (Å²) in [6, 6.07) is 3.92. The van der Waals surface area contributed by atoms with Crippen molar-refractivity contribution in [2.24, 2.45) is 5.73 Å². The lowest BCUT2D eigenvalue weighted by atomic mass is 10.2. The van der Waals surface area contributed by atoms with Gasteiger partial charge in [0.1, 0.15) is 5.69 Å². The summed E-state index contributed by atoms with van der Waals surface area (Å²) in [5.41, 5.74) is 8.04. The summed E-state index contributed by atoms with van der Waals surface area (Å²) in [4.78, 5) is 15.4. The summed E-state index contributed by atoms with van der Waals surface area (Å²) in [6.07, 6.45) is 4.25. The second kappa shape index (κ2) is 7.00. The Bertz CT molecular complexity index is 628. The smallest absolute Gasteiger partial charge is 0.226 e. The Hall–Kier alpha value is -1.76. The van der Waals surface area contributed by atoms with Crippen LogP contribution in [-0.4, -0.2) is 47.8 Å². The van der Waals surface area contributed by atoms with Gasteiger partial charge in [-0.1, -0.05) is 17.7 Å². The van der Waals surface area contributed by atoms with Crippen molar-refractivity contribution in [3.63, 3.8) is 0 Å². The Morgan fingerprint density at radius 2 is 2.00 bits per heavy atom. The maximum atomic E-state index is 6.24. The summed E-state index contributed by atoms with van der Waals surface area (Å²) in [7, 11) is 0. The molecule has 0 radical (unpaired) electrons. The van der Waals surface area contributed by atoms with E-state index in [4.69, 9.17) is 22.1 Å². The quantitative estimate of drug-likeness (QED) is 0.921. The monoisotopic (exact) mass is 319 g/mol. The van der Waals surface area contributed by atoms with Gasteiger partial charge in [-0.3, -0.25) is 4.98 Å². The van der Waals surface area contributed by atoms with Crippen LogP contribution in [0.3, 0.4) is 0 Å². The summed E-state index contributed by atoms with van der Waals surface area (Å²) in [5, 5.41) is 0.496. The van der Waals surface area contributed by atoms with Crippen LogP contribution < -0.4 is 10.6 Å². The standard InChI is InChI=1S/C15H18ClN5O/c16-12-10-19-15(21-5-7-22-8-6-21)20-14(12)13-2-1-11(3-4-17)9-18-13/h1-2,9-10H,3-8,17H2. The molecule has 116 valence electrons. The normalized spacial score (nSPS) is 15.1. The SMILES string of the molecule is NCCc1ccc(-c2nc(N3CCOCC3)ncc2Cl)nc1. The number of rotatable bonds is 4. The van der Waals surface area contributed by atoms with E-state index in [2.05, 4.69) is 19.9 Å². The topological polar surface area (TPSA) is 77.2 Å². The molecule has 6 nitrogen and oxygen atoms in total. The summed E-state index contributed by atoms with van der Waals surface area (Å²) < 4.78 is 5.35. The summed E-state index contributed by atoms with van der Waals surface area (Å²) >= 11 is 6.24. The van der Waals surface area contributed by atoms with E-state index in [-0.39, 0.29) is 0 Å². The number of hydrogen-bond acceptors (Lipinski definition) is 6. The molecule has 2 aromatic rings. The molecule has 7 heteroatoms. The molecule has 0 unspecified atom stereocenters. The molecule has 0 bridgehead atoms. The Balaban J connectivity index is 1.88. The lowest BCUT2D eigenvalue weighted by Crippen LogP contribution is -2.37. The summed E-state index contributed by atoms with van der Waals surface area (Å²) in [6.45, 7) is 3.55. The Morgan fingerprint density at radius 1 is 1.18 bits per heavy atom. The average molecular weight is 320 g/mol. The number of ether oxygens (including phenoxy) is 1. The highest BCUT2D eigenvalue weighted by atomic mass is 35.5. The molecule has 1 aliphatic heterocycles. The third-order valence-corrected chi connectivity index (χ3v) is 3.80. The van der Waals surface area contributed by atoms with Crippen molar-refractivity contribution >= 4 is 17.5 Å². The van der Waals surface area contributed by atoms with Gasteiger partial charge >= 0.3 is 0 Å². The van der Waals surface area contributed by atoms with Gasteiger partial charge in [0.25, 0.3) is 0 Å². The van der Waals surface area contributed by atoms with Crippen molar-refractivity contribution < 1.29 is 4.74 Å². The van der Waals surface area contributed by atoms with E-state index in [9.17, 15) is 0 Å². The Kier molecular flexibility index (Phi) is 4.82. The van der Waals surface area contributed by atoms with Gasteiger partial charge < -0.3 is 15.4 Å². The first kappa shape index (κ1) is 15.1. The van der Waals surface area contributed by atoms with Gasteiger partial charge in [0.05, 0.1) is 30.1 Å². The molecule has 3 rings (SSSR count). The predicted molar refractivity (Wildman–Crippen MR) is 86.1 cm³/mol. The van der Waals surface area contributed by atoms with Crippen molar-refractivity contribution in [2.45, 2.75) is 6.42 Å². The molecule has 0 spiro atoms. The predicted octanol–water partition coefficient (Wildman–Crippen LogP) is 1.53. The lowest BCUT2D eigenvalue weighted by Gasteiger charge is -2.26. The summed E-state index contributed by atoms with van der Waals surface area (Å²) in [5.74, 6) is 0.663. The van der Waals surface area contributed by atoms with E-state index in [1.807, 2.05) is 18.3 Å². The molecule has 0 atom stereocenters. The molecular weight excluding hydrogens is 302 g/mol. The molecule has 1 fully saturated rings.